The maximum absolute atomic E-state index is 12.4. The first-order valence-corrected chi connectivity index (χ1v) is 4.89. The molecule has 0 atom stereocenters. The van der Waals surface area contributed by atoms with E-state index in [2.05, 4.69) is 4.98 Å². The Morgan fingerprint density at radius 3 is 2.57 bits per heavy atom. The van der Waals surface area contributed by atoms with Gasteiger partial charge in [0.25, 0.3) is 0 Å². The van der Waals surface area contributed by atoms with Crippen molar-refractivity contribution in [2.24, 2.45) is 0 Å². The highest BCUT2D eigenvalue weighted by Gasteiger charge is 2.36. The van der Waals surface area contributed by atoms with E-state index in [1.54, 1.807) is 29.5 Å². The first-order chi connectivity index (χ1) is 6.45. The molecule has 0 radical (unpaired) electrons. The van der Waals surface area contributed by atoms with Gasteiger partial charge in [0.2, 0.25) is 0 Å². The number of rotatable bonds is 2. The van der Waals surface area contributed by atoms with Crippen LogP contribution in [0.15, 0.2) is 12.1 Å². The Bertz CT molecular complexity index is 327. The van der Waals surface area contributed by atoms with Gasteiger partial charge in [-0.3, -0.25) is 0 Å². The van der Waals surface area contributed by atoms with Gasteiger partial charge in [0.15, 0.2) is 5.69 Å². The van der Waals surface area contributed by atoms with Crippen LogP contribution >= 0.6 is 22.6 Å². The van der Waals surface area contributed by atoms with Crippen LogP contribution in [0.5, 0.6) is 5.75 Å². The van der Waals surface area contributed by atoms with Gasteiger partial charge in [0.1, 0.15) is 9.45 Å². The summed E-state index contributed by atoms with van der Waals surface area (Å²) in [6.07, 6.45) is -4.47. The maximum Gasteiger partial charge on any atom is 0.437 e. The van der Waals surface area contributed by atoms with Crippen LogP contribution in [0.25, 0.3) is 0 Å². The lowest BCUT2D eigenvalue weighted by Gasteiger charge is -2.11. The van der Waals surface area contributed by atoms with Crippen molar-refractivity contribution in [3.05, 3.63) is 21.5 Å². The molecule has 0 amide bonds. The number of nitrogens with zero attached hydrogens (tertiary/aromatic N) is 1. The summed E-state index contributed by atoms with van der Waals surface area (Å²) in [6, 6.07) is 2.75. The molecule has 14 heavy (non-hydrogen) atoms. The molecule has 1 heterocycles. The Kier molecular flexibility index (Phi) is 3.57. The summed E-state index contributed by atoms with van der Waals surface area (Å²) in [5.74, 6) is -0.222. The molecule has 6 heteroatoms. The number of halogens is 4. The fourth-order valence-electron chi connectivity index (χ4n) is 0.898. The SMILES string of the molecule is CCOc1ccc(I)nc1C(F)(F)F. The van der Waals surface area contributed by atoms with Crippen LogP contribution in [0.3, 0.4) is 0 Å². The quantitative estimate of drug-likeness (QED) is 0.618. The van der Waals surface area contributed by atoms with Crippen molar-refractivity contribution in [3.63, 3.8) is 0 Å². The van der Waals surface area contributed by atoms with E-state index in [1.165, 1.54) is 12.1 Å². The molecule has 0 bridgehead atoms. The molecule has 0 saturated carbocycles. The number of ether oxygens (including phenoxy) is 1. The molecule has 1 rings (SSSR count). The van der Waals surface area contributed by atoms with Crippen LogP contribution in [-0.2, 0) is 6.18 Å². The highest BCUT2D eigenvalue weighted by atomic mass is 127. The van der Waals surface area contributed by atoms with E-state index < -0.39 is 11.9 Å². The molecule has 0 aliphatic carbocycles. The normalized spacial score (nSPS) is 11.5. The highest BCUT2D eigenvalue weighted by Crippen LogP contribution is 2.34. The van der Waals surface area contributed by atoms with Crippen LogP contribution in [0, 0.1) is 3.70 Å². The molecule has 0 fully saturated rings. The molecule has 0 unspecified atom stereocenters. The van der Waals surface area contributed by atoms with Crippen LogP contribution in [0.2, 0.25) is 0 Å². The molecular formula is C8H7F3INO. The molecular weight excluding hydrogens is 310 g/mol. The lowest BCUT2D eigenvalue weighted by Crippen LogP contribution is -2.11. The van der Waals surface area contributed by atoms with E-state index in [1.807, 2.05) is 0 Å². The first kappa shape index (κ1) is 11.5. The summed E-state index contributed by atoms with van der Waals surface area (Å²) in [4.78, 5) is 3.40. The third-order valence-corrected chi connectivity index (χ3v) is 1.99. The second kappa shape index (κ2) is 4.33. The Labute approximate surface area is 92.6 Å². The minimum Gasteiger partial charge on any atom is -0.492 e. The molecule has 0 aliphatic rings. The van der Waals surface area contributed by atoms with E-state index in [9.17, 15) is 13.2 Å². The average molecular weight is 317 g/mol. The molecule has 1 aromatic rings. The fourth-order valence-corrected chi connectivity index (χ4v) is 1.32. The summed E-state index contributed by atoms with van der Waals surface area (Å²) >= 11 is 1.72. The van der Waals surface area contributed by atoms with Crippen molar-refractivity contribution in [3.8, 4) is 5.75 Å². The van der Waals surface area contributed by atoms with Gasteiger partial charge in [-0.2, -0.15) is 13.2 Å². The van der Waals surface area contributed by atoms with Gasteiger partial charge in [0.05, 0.1) is 6.61 Å². The van der Waals surface area contributed by atoms with E-state index in [0.29, 0.717) is 3.70 Å². The highest BCUT2D eigenvalue weighted by molar-refractivity contribution is 14.1. The third kappa shape index (κ3) is 2.73. The van der Waals surface area contributed by atoms with Gasteiger partial charge < -0.3 is 4.74 Å². The molecule has 0 saturated heterocycles. The minimum absolute atomic E-state index is 0.186. The van der Waals surface area contributed by atoms with Gasteiger partial charge in [0, 0.05) is 0 Å². The number of pyridine rings is 1. The van der Waals surface area contributed by atoms with Crippen LogP contribution in [0.1, 0.15) is 12.6 Å². The van der Waals surface area contributed by atoms with Crippen molar-refractivity contribution in [1.82, 2.24) is 4.98 Å². The lowest BCUT2D eigenvalue weighted by atomic mass is 10.3. The van der Waals surface area contributed by atoms with Gasteiger partial charge in [-0.25, -0.2) is 4.98 Å². The smallest absolute Gasteiger partial charge is 0.437 e. The van der Waals surface area contributed by atoms with E-state index in [0.717, 1.165) is 0 Å². The van der Waals surface area contributed by atoms with Gasteiger partial charge in [-0.1, -0.05) is 0 Å². The predicted molar refractivity (Wildman–Crippen MR) is 53.1 cm³/mol. The minimum atomic E-state index is -4.47. The topological polar surface area (TPSA) is 22.1 Å². The van der Waals surface area contributed by atoms with E-state index in [-0.39, 0.29) is 12.4 Å². The Morgan fingerprint density at radius 2 is 2.07 bits per heavy atom. The van der Waals surface area contributed by atoms with Crippen molar-refractivity contribution in [2.45, 2.75) is 13.1 Å². The summed E-state index contributed by atoms with van der Waals surface area (Å²) in [5, 5.41) is 0. The lowest BCUT2D eigenvalue weighted by molar-refractivity contribution is -0.142. The van der Waals surface area contributed by atoms with Gasteiger partial charge in [-0.15, -0.1) is 0 Å². The maximum atomic E-state index is 12.4. The molecule has 0 aromatic carbocycles. The van der Waals surface area contributed by atoms with E-state index in [4.69, 9.17) is 4.74 Å². The summed E-state index contributed by atoms with van der Waals surface area (Å²) < 4.78 is 42.3. The molecule has 78 valence electrons. The van der Waals surface area contributed by atoms with Crippen molar-refractivity contribution in [2.75, 3.05) is 6.61 Å². The van der Waals surface area contributed by atoms with Crippen molar-refractivity contribution in [1.29, 1.82) is 0 Å². The molecule has 2 nitrogen and oxygen atoms in total. The zero-order valence-electron chi connectivity index (χ0n) is 7.23. The number of alkyl halides is 3. The average Bonchev–Trinajstić information content (AvgIpc) is 2.07. The number of hydrogen-bond acceptors (Lipinski definition) is 2. The number of hydrogen-bond donors (Lipinski definition) is 0. The third-order valence-electron chi connectivity index (χ3n) is 1.39. The molecule has 0 N–H and O–H groups in total. The Balaban J connectivity index is 3.16. The summed E-state index contributed by atoms with van der Waals surface area (Å²) in [6.45, 7) is 1.81. The molecule has 1 aromatic heterocycles. The molecule has 0 spiro atoms. The van der Waals surface area contributed by atoms with E-state index >= 15 is 0 Å². The Morgan fingerprint density at radius 1 is 1.43 bits per heavy atom. The second-order valence-electron chi connectivity index (χ2n) is 2.41. The second-order valence-corrected chi connectivity index (χ2v) is 3.52. The monoisotopic (exact) mass is 317 g/mol. The van der Waals surface area contributed by atoms with Gasteiger partial charge in [-0.05, 0) is 41.6 Å². The first-order valence-electron chi connectivity index (χ1n) is 3.81. The zero-order chi connectivity index (χ0) is 10.8. The van der Waals surface area contributed by atoms with Crippen molar-refractivity contribution < 1.29 is 17.9 Å². The largest absolute Gasteiger partial charge is 0.492 e. The van der Waals surface area contributed by atoms with Crippen LogP contribution < -0.4 is 4.74 Å². The Hall–Kier alpha value is -0.530. The van der Waals surface area contributed by atoms with Gasteiger partial charge >= 0.3 is 6.18 Å². The van der Waals surface area contributed by atoms with Crippen LogP contribution in [-0.4, -0.2) is 11.6 Å². The summed E-state index contributed by atoms with van der Waals surface area (Å²) in [5.41, 5.74) is -0.966. The standard InChI is InChI=1S/C8H7F3INO/c1-2-14-5-3-4-6(12)13-7(5)8(9,10)11/h3-4H,2H2,1H3. The van der Waals surface area contributed by atoms with Crippen molar-refractivity contribution >= 4 is 22.6 Å². The number of aromatic nitrogens is 1. The van der Waals surface area contributed by atoms with Crippen LogP contribution in [0.4, 0.5) is 13.2 Å². The fraction of sp³-hybridized carbons (Fsp3) is 0.375. The predicted octanol–water partition coefficient (Wildman–Crippen LogP) is 3.10. The summed E-state index contributed by atoms with van der Waals surface area (Å²) in [7, 11) is 0. The molecule has 0 aliphatic heterocycles. The zero-order valence-corrected chi connectivity index (χ0v) is 9.39.